The molecule has 1 aliphatic heterocycles. The second kappa shape index (κ2) is 12.0. The summed E-state index contributed by atoms with van der Waals surface area (Å²) < 4.78 is 5.59. The minimum atomic E-state index is -0.510. The molecule has 1 aliphatic rings. The topological polar surface area (TPSA) is 105 Å². The van der Waals surface area contributed by atoms with Crippen LogP contribution in [0.1, 0.15) is 39.6 Å². The van der Waals surface area contributed by atoms with Gasteiger partial charge in [-0.05, 0) is 61.9 Å². The van der Waals surface area contributed by atoms with Crippen molar-refractivity contribution in [3.63, 3.8) is 0 Å². The average molecular weight is 537 g/mol. The molecule has 1 fully saturated rings. The first-order valence-electron chi connectivity index (χ1n) is 12.4. The summed E-state index contributed by atoms with van der Waals surface area (Å²) in [5.41, 5.74) is 2.47. The Labute approximate surface area is 226 Å². The molecular weight excluding hydrogens is 508 g/mol. The van der Waals surface area contributed by atoms with Gasteiger partial charge in [-0.15, -0.1) is 0 Å². The van der Waals surface area contributed by atoms with Gasteiger partial charge in [0.2, 0.25) is 0 Å². The maximum atomic E-state index is 12.9. The number of anilines is 2. The van der Waals surface area contributed by atoms with E-state index >= 15 is 0 Å². The summed E-state index contributed by atoms with van der Waals surface area (Å²) in [7, 11) is 0. The van der Waals surface area contributed by atoms with Gasteiger partial charge in [-0.3, -0.25) is 19.7 Å². The lowest BCUT2D eigenvalue weighted by molar-refractivity contribution is -0.385. The predicted octanol–water partition coefficient (Wildman–Crippen LogP) is 5.56. The van der Waals surface area contributed by atoms with Gasteiger partial charge in [-0.1, -0.05) is 24.6 Å². The quantitative estimate of drug-likeness (QED) is 0.298. The zero-order valence-corrected chi connectivity index (χ0v) is 22.0. The van der Waals surface area contributed by atoms with Crippen LogP contribution in [0.3, 0.4) is 0 Å². The smallest absolute Gasteiger partial charge is 0.273 e. The van der Waals surface area contributed by atoms with E-state index in [1.54, 1.807) is 43.3 Å². The number of nitrogens with one attached hydrogen (secondary N) is 1. The Bertz CT molecular complexity index is 1340. The average Bonchev–Trinajstić information content (AvgIpc) is 2.92. The molecule has 10 heteroatoms. The number of hydrogen-bond acceptors (Lipinski definition) is 6. The molecule has 1 N–H and O–H groups in total. The first-order valence-corrected chi connectivity index (χ1v) is 12.8. The number of aryl methyl sites for hydroxylation is 1. The van der Waals surface area contributed by atoms with Gasteiger partial charge in [0.15, 0.2) is 0 Å². The highest BCUT2D eigenvalue weighted by molar-refractivity contribution is 6.33. The zero-order valence-electron chi connectivity index (χ0n) is 21.3. The van der Waals surface area contributed by atoms with Crippen LogP contribution in [0.15, 0.2) is 60.7 Å². The van der Waals surface area contributed by atoms with E-state index in [0.717, 1.165) is 17.9 Å². The molecule has 0 aromatic heterocycles. The Morgan fingerprint density at radius 1 is 1.00 bits per heavy atom. The largest absolute Gasteiger partial charge is 0.494 e. The summed E-state index contributed by atoms with van der Waals surface area (Å²) in [5, 5.41) is 14.4. The van der Waals surface area contributed by atoms with Crippen LogP contribution >= 0.6 is 11.6 Å². The van der Waals surface area contributed by atoms with Crippen molar-refractivity contribution in [2.45, 2.75) is 20.3 Å². The standard InChI is InChI=1S/C28H29ClN4O5/c1-3-16-38-23-9-6-20(7-10-23)28(35)32-14-12-31(13-15-32)25-11-8-22(18-24(25)29)30-27(34)21-5-4-19(2)26(17-21)33(36)37/h4-11,17-18H,3,12-16H2,1-2H3,(H,30,34). The van der Waals surface area contributed by atoms with E-state index in [2.05, 4.69) is 10.2 Å². The van der Waals surface area contributed by atoms with Crippen LogP contribution < -0.4 is 15.0 Å². The number of benzene rings is 3. The highest BCUT2D eigenvalue weighted by atomic mass is 35.5. The molecule has 2 amide bonds. The van der Waals surface area contributed by atoms with Crippen LogP contribution in [0.4, 0.5) is 17.1 Å². The highest BCUT2D eigenvalue weighted by Crippen LogP contribution is 2.30. The number of rotatable bonds is 8. The van der Waals surface area contributed by atoms with Gasteiger partial charge in [0.1, 0.15) is 5.75 Å². The maximum absolute atomic E-state index is 12.9. The number of piperazine rings is 1. The van der Waals surface area contributed by atoms with Gasteiger partial charge < -0.3 is 19.9 Å². The van der Waals surface area contributed by atoms with Crippen LogP contribution in [-0.4, -0.2) is 54.4 Å². The summed E-state index contributed by atoms with van der Waals surface area (Å²) in [6.07, 6.45) is 0.923. The fraction of sp³-hybridized carbons (Fsp3) is 0.286. The lowest BCUT2D eigenvalue weighted by Gasteiger charge is -2.36. The molecule has 1 heterocycles. The molecule has 1 saturated heterocycles. The molecule has 0 radical (unpaired) electrons. The van der Waals surface area contributed by atoms with Gasteiger partial charge in [-0.2, -0.15) is 0 Å². The van der Waals surface area contributed by atoms with E-state index in [4.69, 9.17) is 16.3 Å². The Kier molecular flexibility index (Phi) is 8.48. The molecule has 38 heavy (non-hydrogen) atoms. The zero-order chi connectivity index (χ0) is 27.2. The second-order valence-corrected chi connectivity index (χ2v) is 9.44. The lowest BCUT2D eigenvalue weighted by atomic mass is 10.1. The number of ether oxygens (including phenoxy) is 1. The maximum Gasteiger partial charge on any atom is 0.273 e. The third-order valence-electron chi connectivity index (χ3n) is 6.36. The number of nitro benzene ring substituents is 1. The summed E-state index contributed by atoms with van der Waals surface area (Å²) in [6, 6.07) is 16.8. The monoisotopic (exact) mass is 536 g/mol. The molecule has 3 aromatic carbocycles. The van der Waals surface area contributed by atoms with Crippen molar-refractivity contribution in [2.75, 3.05) is 43.0 Å². The SMILES string of the molecule is CCCOc1ccc(C(=O)N2CCN(c3ccc(NC(=O)c4ccc(C)c([N+](=O)[O-])c4)cc3Cl)CC2)cc1. The summed E-state index contributed by atoms with van der Waals surface area (Å²) in [4.78, 5) is 40.2. The molecular formula is C28H29ClN4O5. The molecule has 198 valence electrons. The first-order chi connectivity index (χ1) is 18.3. The second-order valence-electron chi connectivity index (χ2n) is 9.03. The number of halogens is 1. The van der Waals surface area contributed by atoms with Crippen molar-refractivity contribution in [1.29, 1.82) is 0 Å². The molecule has 3 aromatic rings. The van der Waals surface area contributed by atoms with Gasteiger partial charge in [-0.25, -0.2) is 0 Å². The van der Waals surface area contributed by atoms with E-state index < -0.39 is 10.8 Å². The van der Waals surface area contributed by atoms with Crippen molar-refractivity contribution in [1.82, 2.24) is 4.90 Å². The molecule has 0 unspecified atom stereocenters. The van der Waals surface area contributed by atoms with Crippen LogP contribution in [0, 0.1) is 17.0 Å². The number of carbonyl (C=O) groups is 2. The lowest BCUT2D eigenvalue weighted by Crippen LogP contribution is -2.48. The fourth-order valence-electron chi connectivity index (χ4n) is 4.24. The minimum absolute atomic E-state index is 0.0211. The summed E-state index contributed by atoms with van der Waals surface area (Å²) in [5.74, 6) is 0.267. The van der Waals surface area contributed by atoms with Gasteiger partial charge in [0, 0.05) is 54.6 Å². The first kappa shape index (κ1) is 26.9. The molecule has 0 spiro atoms. The van der Waals surface area contributed by atoms with Crippen molar-refractivity contribution in [3.8, 4) is 5.75 Å². The number of hydrogen-bond donors (Lipinski definition) is 1. The van der Waals surface area contributed by atoms with Gasteiger partial charge >= 0.3 is 0 Å². The van der Waals surface area contributed by atoms with Crippen molar-refractivity contribution in [3.05, 3.63) is 92.5 Å². The third kappa shape index (κ3) is 6.23. The molecule has 4 rings (SSSR count). The van der Waals surface area contributed by atoms with Crippen molar-refractivity contribution < 1.29 is 19.2 Å². The highest BCUT2D eigenvalue weighted by Gasteiger charge is 2.24. The van der Waals surface area contributed by atoms with E-state index in [0.29, 0.717) is 54.6 Å². The number of nitrogens with zero attached hydrogens (tertiary/aromatic N) is 3. The van der Waals surface area contributed by atoms with Crippen molar-refractivity contribution in [2.24, 2.45) is 0 Å². The Morgan fingerprint density at radius 2 is 1.68 bits per heavy atom. The van der Waals surface area contributed by atoms with Crippen LogP contribution in [0.2, 0.25) is 5.02 Å². The molecule has 0 bridgehead atoms. The Morgan fingerprint density at radius 3 is 2.32 bits per heavy atom. The Balaban J connectivity index is 1.35. The van der Waals surface area contributed by atoms with E-state index in [9.17, 15) is 19.7 Å². The number of carbonyl (C=O) groups excluding carboxylic acids is 2. The van der Waals surface area contributed by atoms with E-state index in [-0.39, 0.29) is 17.2 Å². The Hall–Kier alpha value is -4.11. The van der Waals surface area contributed by atoms with E-state index in [1.165, 1.54) is 6.07 Å². The third-order valence-corrected chi connectivity index (χ3v) is 6.66. The summed E-state index contributed by atoms with van der Waals surface area (Å²) in [6.45, 7) is 6.63. The minimum Gasteiger partial charge on any atom is -0.494 e. The van der Waals surface area contributed by atoms with Crippen LogP contribution in [0.25, 0.3) is 0 Å². The normalized spacial score (nSPS) is 13.2. The van der Waals surface area contributed by atoms with Gasteiger partial charge in [0.25, 0.3) is 17.5 Å². The van der Waals surface area contributed by atoms with E-state index in [1.807, 2.05) is 30.0 Å². The van der Waals surface area contributed by atoms with Crippen LogP contribution in [-0.2, 0) is 0 Å². The molecule has 0 atom stereocenters. The molecule has 0 saturated carbocycles. The molecule has 9 nitrogen and oxygen atoms in total. The van der Waals surface area contributed by atoms with Gasteiger partial charge in [0.05, 0.1) is 22.2 Å². The number of nitro groups is 1. The van der Waals surface area contributed by atoms with Crippen molar-refractivity contribution >= 4 is 40.5 Å². The fourth-order valence-corrected chi connectivity index (χ4v) is 4.54. The molecule has 0 aliphatic carbocycles. The van der Waals surface area contributed by atoms with Crippen LogP contribution in [0.5, 0.6) is 5.75 Å². The summed E-state index contributed by atoms with van der Waals surface area (Å²) >= 11 is 6.55. The predicted molar refractivity (Wildman–Crippen MR) is 148 cm³/mol. The number of amides is 2.